The van der Waals surface area contributed by atoms with Crippen LogP contribution in [-0.2, 0) is 33.3 Å². The van der Waals surface area contributed by atoms with E-state index in [1.165, 1.54) is 141 Å². The van der Waals surface area contributed by atoms with Crippen molar-refractivity contribution in [3.8, 4) is 0 Å². The lowest BCUT2D eigenvalue weighted by Crippen LogP contribution is -2.44. The molecule has 0 aliphatic rings. The molecule has 0 aliphatic carbocycles. The fourth-order valence-electron chi connectivity index (χ4n) is 7.47. The molecule has 0 saturated heterocycles. The second kappa shape index (κ2) is 47.7. The Morgan fingerprint density at radius 2 is 0.877 bits per heavy atom. The number of quaternary nitrogens is 1. The number of rotatable bonds is 49. The summed E-state index contributed by atoms with van der Waals surface area (Å²) in [5.41, 5.74) is 0. The zero-order valence-electron chi connectivity index (χ0n) is 42.9. The van der Waals surface area contributed by atoms with Crippen molar-refractivity contribution < 1.29 is 42.9 Å². The first-order chi connectivity index (χ1) is 31.6. The van der Waals surface area contributed by atoms with E-state index >= 15 is 0 Å². The van der Waals surface area contributed by atoms with Crippen LogP contribution in [0.4, 0.5) is 0 Å². The molecule has 2 atom stereocenters. The van der Waals surface area contributed by atoms with E-state index in [1.54, 1.807) is 0 Å². The molecule has 2 unspecified atom stereocenters. The van der Waals surface area contributed by atoms with Gasteiger partial charge in [0.05, 0.1) is 40.3 Å². The van der Waals surface area contributed by atoms with Crippen LogP contribution in [0.1, 0.15) is 232 Å². The molecule has 0 aromatic heterocycles. The lowest BCUT2D eigenvalue weighted by molar-refractivity contribution is -0.870. The van der Waals surface area contributed by atoms with Crippen LogP contribution in [-0.4, -0.2) is 82.3 Å². The minimum atomic E-state index is -1.62. The Balaban J connectivity index is 3.96. The summed E-state index contributed by atoms with van der Waals surface area (Å²) >= 11 is 0. The smallest absolute Gasteiger partial charge is 0.306 e. The van der Waals surface area contributed by atoms with Crippen LogP contribution in [0.25, 0.3) is 0 Å². The predicted octanol–water partition coefficient (Wildman–Crippen LogP) is 13.8. The maximum absolute atomic E-state index is 12.8. The van der Waals surface area contributed by atoms with E-state index in [0.717, 1.165) is 57.8 Å². The average Bonchev–Trinajstić information content (AvgIpc) is 3.27. The van der Waals surface area contributed by atoms with Gasteiger partial charge in [0, 0.05) is 12.8 Å². The molecule has 0 N–H and O–H groups in total. The molecule has 0 saturated carbocycles. The molecule has 0 rings (SSSR count). The van der Waals surface area contributed by atoms with Crippen LogP contribution in [0, 0.1) is 0 Å². The van der Waals surface area contributed by atoms with E-state index in [2.05, 4.69) is 62.5 Å². The van der Waals surface area contributed by atoms with Gasteiger partial charge in [-0.3, -0.25) is 9.59 Å². The molecule has 0 spiro atoms. The zero-order valence-corrected chi connectivity index (χ0v) is 42.9. The molecule has 0 aromatic carbocycles. The third kappa shape index (κ3) is 49.0. The van der Waals surface area contributed by atoms with E-state index in [1.807, 2.05) is 21.1 Å². The van der Waals surface area contributed by atoms with Gasteiger partial charge in [-0.2, -0.15) is 0 Å². The monoisotopic (exact) mass is 916 g/mol. The van der Waals surface area contributed by atoms with Crippen molar-refractivity contribution >= 4 is 17.9 Å². The SMILES string of the molecule is CC/C=C\C/C=C\C/C=C\C/C=C\CCCCCCCCCCCCCCCCCCCCCCC(=O)OC(COC(=O)CCCCCCCCC)COC(OCC[N+](C)(C)C)C(=O)[O-]. The van der Waals surface area contributed by atoms with Crippen LogP contribution >= 0.6 is 0 Å². The van der Waals surface area contributed by atoms with Gasteiger partial charge in [-0.1, -0.05) is 217 Å². The summed E-state index contributed by atoms with van der Waals surface area (Å²) in [5, 5.41) is 11.7. The summed E-state index contributed by atoms with van der Waals surface area (Å²) in [6.45, 7) is 4.59. The zero-order chi connectivity index (χ0) is 47.7. The Labute approximate surface area is 400 Å². The number of carboxylic acid groups (broad SMARTS) is 1. The summed E-state index contributed by atoms with van der Waals surface area (Å²) in [6, 6.07) is 0. The summed E-state index contributed by atoms with van der Waals surface area (Å²) in [4.78, 5) is 36.9. The third-order valence-electron chi connectivity index (χ3n) is 11.6. The van der Waals surface area contributed by atoms with Crippen molar-refractivity contribution in [2.45, 2.75) is 245 Å². The second-order valence-corrected chi connectivity index (χ2v) is 19.1. The first kappa shape index (κ1) is 62.2. The van der Waals surface area contributed by atoms with Crippen molar-refractivity contribution in [2.75, 3.05) is 47.5 Å². The second-order valence-electron chi connectivity index (χ2n) is 19.1. The molecule has 0 amide bonds. The minimum absolute atomic E-state index is 0.149. The maximum Gasteiger partial charge on any atom is 0.306 e. The molecule has 0 heterocycles. The summed E-state index contributed by atoms with van der Waals surface area (Å²) in [5.74, 6) is -2.28. The van der Waals surface area contributed by atoms with Gasteiger partial charge in [0.25, 0.3) is 0 Å². The summed E-state index contributed by atoms with van der Waals surface area (Å²) in [6.07, 6.45) is 54.9. The number of carbonyl (C=O) groups excluding carboxylic acids is 3. The number of esters is 2. The molecule has 378 valence electrons. The average molecular weight is 916 g/mol. The highest BCUT2D eigenvalue weighted by Crippen LogP contribution is 2.16. The van der Waals surface area contributed by atoms with E-state index in [-0.39, 0.29) is 32.2 Å². The number of unbranched alkanes of at least 4 members (excludes halogenated alkanes) is 26. The maximum atomic E-state index is 12.8. The van der Waals surface area contributed by atoms with Crippen molar-refractivity contribution in [1.29, 1.82) is 0 Å². The Bertz CT molecular complexity index is 1210. The molecule has 9 nitrogen and oxygen atoms in total. The number of hydrogen-bond acceptors (Lipinski definition) is 8. The van der Waals surface area contributed by atoms with Gasteiger partial charge < -0.3 is 33.3 Å². The highest BCUT2D eigenvalue weighted by molar-refractivity contribution is 5.70. The Kier molecular flexibility index (Phi) is 45.7. The van der Waals surface area contributed by atoms with E-state index in [9.17, 15) is 19.5 Å². The lowest BCUT2D eigenvalue weighted by atomic mass is 10.0. The van der Waals surface area contributed by atoms with Gasteiger partial charge in [-0.25, -0.2) is 0 Å². The number of allylic oxidation sites excluding steroid dienone is 8. The van der Waals surface area contributed by atoms with Gasteiger partial charge in [0.15, 0.2) is 12.4 Å². The van der Waals surface area contributed by atoms with Crippen LogP contribution in [0.15, 0.2) is 48.6 Å². The highest BCUT2D eigenvalue weighted by Gasteiger charge is 2.22. The van der Waals surface area contributed by atoms with Crippen LogP contribution in [0.3, 0.4) is 0 Å². The number of nitrogens with zero attached hydrogens (tertiary/aromatic N) is 1. The number of carbonyl (C=O) groups is 3. The van der Waals surface area contributed by atoms with Crippen LogP contribution in [0.2, 0.25) is 0 Å². The fourth-order valence-corrected chi connectivity index (χ4v) is 7.47. The van der Waals surface area contributed by atoms with Crippen LogP contribution < -0.4 is 5.11 Å². The molecule has 0 aliphatic heterocycles. The van der Waals surface area contributed by atoms with Gasteiger partial charge >= 0.3 is 11.9 Å². The number of carboxylic acids is 1. The minimum Gasteiger partial charge on any atom is -0.545 e. The van der Waals surface area contributed by atoms with Gasteiger partial charge in [-0.05, 0) is 51.4 Å². The van der Waals surface area contributed by atoms with Gasteiger partial charge in [0.1, 0.15) is 13.2 Å². The standard InChI is InChI=1S/C56H101NO8/c1-6-8-10-12-14-15-16-17-18-19-20-21-22-23-24-25-26-27-28-29-30-31-32-33-34-35-36-37-38-39-41-43-45-47-54(59)65-52(50-63-53(58)46-44-42-40-13-11-9-7-2)51-64-56(55(60)61)62-49-48-57(3,4)5/h8,10,14-15,17-18,20-21,52,56H,6-7,9,11-13,16,19,22-51H2,1-5H3/b10-8-,15-14-,18-17-,21-20-. The van der Waals surface area contributed by atoms with E-state index in [4.69, 9.17) is 18.9 Å². The van der Waals surface area contributed by atoms with Crippen molar-refractivity contribution in [2.24, 2.45) is 0 Å². The first-order valence-corrected chi connectivity index (χ1v) is 26.8. The quantitative estimate of drug-likeness (QED) is 0.0195. The summed E-state index contributed by atoms with van der Waals surface area (Å²) in [7, 11) is 5.91. The molecule has 0 fully saturated rings. The van der Waals surface area contributed by atoms with Crippen LogP contribution in [0.5, 0.6) is 0 Å². The molecule has 0 aromatic rings. The summed E-state index contributed by atoms with van der Waals surface area (Å²) < 4.78 is 22.5. The molecule has 0 bridgehead atoms. The van der Waals surface area contributed by atoms with Crippen molar-refractivity contribution in [3.63, 3.8) is 0 Å². The van der Waals surface area contributed by atoms with Crippen molar-refractivity contribution in [3.05, 3.63) is 48.6 Å². The molecule has 65 heavy (non-hydrogen) atoms. The third-order valence-corrected chi connectivity index (χ3v) is 11.6. The largest absolute Gasteiger partial charge is 0.545 e. The highest BCUT2D eigenvalue weighted by atomic mass is 16.7. The first-order valence-electron chi connectivity index (χ1n) is 26.8. The lowest BCUT2D eigenvalue weighted by Gasteiger charge is -2.26. The molecular formula is C56H101NO8. The van der Waals surface area contributed by atoms with E-state index in [0.29, 0.717) is 23.9 Å². The number of hydrogen-bond donors (Lipinski definition) is 0. The Morgan fingerprint density at radius 3 is 1.31 bits per heavy atom. The topological polar surface area (TPSA) is 111 Å². The van der Waals surface area contributed by atoms with Gasteiger partial charge in [-0.15, -0.1) is 0 Å². The molecule has 0 radical (unpaired) electrons. The Morgan fingerprint density at radius 1 is 0.477 bits per heavy atom. The number of likely N-dealkylation sites (N-methyl/N-ethyl adjacent to an activating group) is 1. The van der Waals surface area contributed by atoms with E-state index < -0.39 is 24.3 Å². The predicted molar refractivity (Wildman–Crippen MR) is 269 cm³/mol. The fraction of sp³-hybridized carbons (Fsp3) is 0.804. The normalized spacial score (nSPS) is 13.2. The molecule has 9 heteroatoms. The Hall–Kier alpha value is -2.75. The van der Waals surface area contributed by atoms with Gasteiger partial charge in [0.2, 0.25) is 0 Å². The number of aliphatic carboxylic acids is 1. The molecular weight excluding hydrogens is 815 g/mol. The van der Waals surface area contributed by atoms with Crippen molar-refractivity contribution in [1.82, 2.24) is 0 Å². The number of ether oxygens (including phenoxy) is 4.